The molecule has 1 aromatic carbocycles. The predicted octanol–water partition coefficient (Wildman–Crippen LogP) is 4.06. The summed E-state index contributed by atoms with van der Waals surface area (Å²) in [5.74, 6) is 1.26. The third-order valence-corrected chi connectivity index (χ3v) is 3.95. The lowest BCUT2D eigenvalue weighted by molar-refractivity contribution is 0.0432. The van der Waals surface area contributed by atoms with Gasteiger partial charge in [0.1, 0.15) is 0 Å². The van der Waals surface area contributed by atoms with Gasteiger partial charge in [-0.2, -0.15) is 11.8 Å². The highest BCUT2D eigenvalue weighted by Crippen LogP contribution is 2.19. The maximum absolute atomic E-state index is 11.9. The van der Waals surface area contributed by atoms with Gasteiger partial charge in [-0.25, -0.2) is 4.79 Å². The Morgan fingerprint density at radius 1 is 1.32 bits per heavy atom. The fourth-order valence-corrected chi connectivity index (χ4v) is 2.71. The summed E-state index contributed by atoms with van der Waals surface area (Å²) >= 11 is 1.78. The second-order valence-electron chi connectivity index (χ2n) is 4.88. The molecule has 1 unspecified atom stereocenters. The quantitative estimate of drug-likeness (QED) is 0.599. The van der Waals surface area contributed by atoms with E-state index in [0.29, 0.717) is 18.1 Å². The summed E-state index contributed by atoms with van der Waals surface area (Å²) in [6, 6.07) is 7.70. The number of thioether (sulfide) groups is 1. The molecule has 1 aliphatic rings. The molecule has 2 nitrogen and oxygen atoms in total. The molecular weight excluding hydrogens is 256 g/mol. The number of hydrogen-bond acceptors (Lipinski definition) is 3. The van der Waals surface area contributed by atoms with E-state index in [1.54, 1.807) is 11.8 Å². The van der Waals surface area contributed by atoms with Gasteiger partial charge in [-0.05, 0) is 49.1 Å². The summed E-state index contributed by atoms with van der Waals surface area (Å²) < 4.78 is 5.39. The zero-order valence-electron chi connectivity index (χ0n) is 11.3. The van der Waals surface area contributed by atoms with Gasteiger partial charge in [-0.15, -0.1) is 0 Å². The second-order valence-corrected chi connectivity index (χ2v) is 5.74. The molecule has 0 fully saturated rings. The van der Waals surface area contributed by atoms with Gasteiger partial charge in [0.2, 0.25) is 0 Å². The predicted molar refractivity (Wildman–Crippen MR) is 80.4 cm³/mol. The first kappa shape index (κ1) is 14.2. The highest BCUT2D eigenvalue weighted by atomic mass is 32.2. The molecule has 0 aliphatic heterocycles. The third kappa shape index (κ3) is 4.43. The van der Waals surface area contributed by atoms with Crippen LogP contribution in [0, 0.1) is 5.92 Å². The highest BCUT2D eigenvalue weighted by molar-refractivity contribution is 7.97. The SMILES string of the molecule is CSCc1ccc(C(=O)OCC2CC=CCC2)cc1. The van der Waals surface area contributed by atoms with E-state index in [9.17, 15) is 4.79 Å². The van der Waals surface area contributed by atoms with E-state index in [0.717, 1.165) is 25.0 Å². The van der Waals surface area contributed by atoms with Crippen molar-refractivity contribution in [3.8, 4) is 0 Å². The van der Waals surface area contributed by atoms with Gasteiger partial charge >= 0.3 is 5.97 Å². The van der Waals surface area contributed by atoms with Crippen LogP contribution in [0.25, 0.3) is 0 Å². The number of allylic oxidation sites excluding steroid dienone is 2. The van der Waals surface area contributed by atoms with E-state index in [1.165, 1.54) is 5.56 Å². The maximum atomic E-state index is 11.9. The van der Waals surface area contributed by atoms with Crippen molar-refractivity contribution in [2.24, 2.45) is 5.92 Å². The van der Waals surface area contributed by atoms with Crippen molar-refractivity contribution in [1.82, 2.24) is 0 Å². The zero-order valence-corrected chi connectivity index (χ0v) is 12.1. The van der Waals surface area contributed by atoms with Crippen LogP contribution < -0.4 is 0 Å². The summed E-state index contributed by atoms with van der Waals surface area (Å²) in [6.45, 7) is 0.537. The van der Waals surface area contributed by atoms with E-state index in [2.05, 4.69) is 18.4 Å². The Balaban J connectivity index is 1.83. The monoisotopic (exact) mass is 276 g/mol. The molecule has 0 saturated heterocycles. The van der Waals surface area contributed by atoms with Gasteiger partial charge in [0.05, 0.1) is 12.2 Å². The molecule has 1 atom stereocenters. The lowest BCUT2D eigenvalue weighted by Gasteiger charge is -2.17. The molecule has 19 heavy (non-hydrogen) atoms. The van der Waals surface area contributed by atoms with Crippen LogP contribution in [0.2, 0.25) is 0 Å². The standard InChI is InChI=1S/C16H20O2S/c1-19-12-14-7-9-15(10-8-14)16(17)18-11-13-5-3-2-4-6-13/h2-3,7-10,13H,4-6,11-12H2,1H3. The maximum Gasteiger partial charge on any atom is 0.338 e. The first-order chi connectivity index (χ1) is 9.29. The minimum Gasteiger partial charge on any atom is -0.462 e. The second kappa shape index (κ2) is 7.39. The summed E-state index contributed by atoms with van der Waals surface area (Å²) in [6.07, 6.45) is 9.70. The van der Waals surface area contributed by atoms with E-state index >= 15 is 0 Å². The Morgan fingerprint density at radius 3 is 2.74 bits per heavy atom. The Morgan fingerprint density at radius 2 is 2.11 bits per heavy atom. The Hall–Kier alpha value is -1.22. The van der Waals surface area contributed by atoms with Crippen LogP contribution in [0.3, 0.4) is 0 Å². The van der Waals surface area contributed by atoms with Crippen molar-refractivity contribution in [1.29, 1.82) is 0 Å². The zero-order chi connectivity index (χ0) is 13.5. The van der Waals surface area contributed by atoms with Crippen LogP contribution in [0.5, 0.6) is 0 Å². The molecule has 102 valence electrons. The number of carbonyl (C=O) groups excluding carboxylic acids is 1. The van der Waals surface area contributed by atoms with Gasteiger partial charge in [-0.3, -0.25) is 0 Å². The number of esters is 1. The van der Waals surface area contributed by atoms with Crippen molar-refractivity contribution in [2.45, 2.75) is 25.0 Å². The molecule has 0 spiro atoms. The van der Waals surface area contributed by atoms with Gasteiger partial charge < -0.3 is 4.74 Å². The molecule has 0 bridgehead atoms. The molecule has 0 radical (unpaired) electrons. The van der Waals surface area contributed by atoms with E-state index < -0.39 is 0 Å². The number of carbonyl (C=O) groups is 1. The van der Waals surface area contributed by atoms with Crippen LogP contribution in [-0.2, 0) is 10.5 Å². The largest absolute Gasteiger partial charge is 0.462 e. The average molecular weight is 276 g/mol. The van der Waals surface area contributed by atoms with E-state index in [1.807, 2.05) is 24.3 Å². The molecule has 0 N–H and O–H groups in total. The summed E-state index contributed by atoms with van der Waals surface area (Å²) in [7, 11) is 0. The molecule has 3 heteroatoms. The van der Waals surface area contributed by atoms with E-state index in [-0.39, 0.29) is 5.97 Å². The molecule has 0 saturated carbocycles. The number of rotatable bonds is 5. The van der Waals surface area contributed by atoms with Crippen LogP contribution in [0.15, 0.2) is 36.4 Å². The number of ether oxygens (including phenoxy) is 1. The lowest BCUT2D eigenvalue weighted by Crippen LogP contribution is -2.15. The van der Waals surface area contributed by atoms with Crippen molar-refractivity contribution >= 4 is 17.7 Å². The van der Waals surface area contributed by atoms with Crippen LogP contribution in [-0.4, -0.2) is 18.8 Å². The van der Waals surface area contributed by atoms with Crippen molar-refractivity contribution in [3.05, 3.63) is 47.5 Å². The fraction of sp³-hybridized carbons (Fsp3) is 0.438. The van der Waals surface area contributed by atoms with Crippen LogP contribution in [0.1, 0.15) is 35.2 Å². The first-order valence-corrected chi connectivity index (χ1v) is 8.09. The highest BCUT2D eigenvalue weighted by Gasteiger charge is 2.13. The summed E-state index contributed by atoms with van der Waals surface area (Å²) in [5.41, 5.74) is 1.89. The van der Waals surface area contributed by atoms with Crippen molar-refractivity contribution in [2.75, 3.05) is 12.9 Å². The molecule has 2 rings (SSSR count). The first-order valence-electron chi connectivity index (χ1n) is 6.69. The van der Waals surface area contributed by atoms with E-state index in [4.69, 9.17) is 4.74 Å². The molecule has 0 heterocycles. The Labute approximate surface area is 119 Å². The number of benzene rings is 1. The lowest BCUT2D eigenvalue weighted by atomic mass is 9.95. The summed E-state index contributed by atoms with van der Waals surface area (Å²) in [4.78, 5) is 11.9. The minimum absolute atomic E-state index is 0.203. The molecule has 1 aromatic rings. The number of hydrogen-bond donors (Lipinski definition) is 0. The Kier molecular flexibility index (Phi) is 5.52. The van der Waals surface area contributed by atoms with Gasteiger partial charge in [0.15, 0.2) is 0 Å². The van der Waals surface area contributed by atoms with Crippen LogP contribution >= 0.6 is 11.8 Å². The smallest absolute Gasteiger partial charge is 0.338 e. The minimum atomic E-state index is -0.203. The van der Waals surface area contributed by atoms with Gasteiger partial charge in [0, 0.05) is 5.75 Å². The fourth-order valence-electron chi connectivity index (χ4n) is 2.19. The van der Waals surface area contributed by atoms with Gasteiger partial charge in [-0.1, -0.05) is 24.3 Å². The molecule has 0 aromatic heterocycles. The third-order valence-electron chi connectivity index (χ3n) is 3.33. The Bertz CT molecular complexity index is 437. The van der Waals surface area contributed by atoms with Crippen molar-refractivity contribution in [3.63, 3.8) is 0 Å². The topological polar surface area (TPSA) is 26.3 Å². The molecule has 0 amide bonds. The van der Waals surface area contributed by atoms with Gasteiger partial charge in [0.25, 0.3) is 0 Å². The normalized spacial score (nSPS) is 18.3. The van der Waals surface area contributed by atoms with Crippen LogP contribution in [0.4, 0.5) is 0 Å². The summed E-state index contributed by atoms with van der Waals surface area (Å²) in [5, 5.41) is 0. The molecule has 1 aliphatic carbocycles. The average Bonchev–Trinajstić information content (AvgIpc) is 2.47. The molecular formula is C16H20O2S. The van der Waals surface area contributed by atoms with Crippen molar-refractivity contribution < 1.29 is 9.53 Å².